The molecule has 2 saturated heterocycles. The van der Waals surface area contributed by atoms with Crippen LogP contribution in [0.25, 0.3) is 10.3 Å². The number of piperidine rings is 2. The number of pyridine rings is 1. The molecule has 29 heavy (non-hydrogen) atoms. The summed E-state index contributed by atoms with van der Waals surface area (Å²) in [6, 6.07) is 14.0. The maximum absolute atomic E-state index is 5.97. The van der Waals surface area contributed by atoms with Gasteiger partial charge in [0.1, 0.15) is 5.75 Å². The Morgan fingerprint density at radius 3 is 2.76 bits per heavy atom. The molecule has 2 aliphatic heterocycles. The molecule has 0 aliphatic carbocycles. The van der Waals surface area contributed by atoms with E-state index >= 15 is 0 Å². The number of fused-ring (bicyclic) bond motifs is 1. The zero-order valence-electron chi connectivity index (χ0n) is 16.7. The number of hydrogen-bond donors (Lipinski definition) is 1. The molecule has 1 atom stereocenters. The average molecular weight is 409 g/mol. The van der Waals surface area contributed by atoms with Crippen LogP contribution in [0.4, 0.5) is 0 Å². The lowest BCUT2D eigenvalue weighted by atomic mass is 9.91. The predicted octanol–water partition coefficient (Wildman–Crippen LogP) is 4.63. The summed E-state index contributed by atoms with van der Waals surface area (Å²) in [6.07, 6.45) is 9.51. The number of thiazole rings is 1. The van der Waals surface area contributed by atoms with Crippen molar-refractivity contribution in [3.05, 3.63) is 48.2 Å². The van der Waals surface area contributed by atoms with Gasteiger partial charge in [0.25, 0.3) is 5.19 Å². The van der Waals surface area contributed by atoms with Gasteiger partial charge in [-0.1, -0.05) is 29.9 Å². The molecule has 2 aromatic heterocycles. The molecule has 2 fully saturated rings. The summed E-state index contributed by atoms with van der Waals surface area (Å²) in [5.74, 6) is 0.840. The van der Waals surface area contributed by atoms with Crippen molar-refractivity contribution in [1.29, 1.82) is 0 Å². The Labute approximate surface area is 176 Å². The van der Waals surface area contributed by atoms with Gasteiger partial charge in [0, 0.05) is 18.3 Å². The maximum atomic E-state index is 5.97. The quantitative estimate of drug-likeness (QED) is 0.667. The van der Waals surface area contributed by atoms with E-state index in [0.29, 0.717) is 11.2 Å². The Bertz CT molecular complexity index is 902. The molecule has 5 nitrogen and oxygen atoms in total. The molecule has 0 radical (unpaired) electrons. The van der Waals surface area contributed by atoms with E-state index < -0.39 is 0 Å². The Hall–Kier alpha value is -2.02. The van der Waals surface area contributed by atoms with Crippen molar-refractivity contribution in [3.63, 3.8) is 0 Å². The number of likely N-dealkylation sites (tertiary alicyclic amines) is 1. The van der Waals surface area contributed by atoms with Crippen LogP contribution >= 0.6 is 11.3 Å². The summed E-state index contributed by atoms with van der Waals surface area (Å²) in [4.78, 5) is 11.5. The molecule has 2 aliphatic rings. The van der Waals surface area contributed by atoms with Crippen LogP contribution in [0.1, 0.15) is 37.7 Å². The van der Waals surface area contributed by atoms with Crippen molar-refractivity contribution in [2.75, 3.05) is 19.6 Å². The topological polar surface area (TPSA) is 50.3 Å². The summed E-state index contributed by atoms with van der Waals surface area (Å²) in [7, 11) is 0. The van der Waals surface area contributed by atoms with Gasteiger partial charge in [-0.2, -0.15) is 4.98 Å². The smallest absolute Gasteiger partial charge is 0.281 e. The SMILES string of the molecule is c1cnc2nc(Oc3ccc(CC4CCCCN4C4CCNCC4)cc3)sc2c1. The monoisotopic (exact) mass is 408 g/mol. The Morgan fingerprint density at radius 2 is 1.93 bits per heavy atom. The van der Waals surface area contributed by atoms with Crippen LogP contribution in [0.15, 0.2) is 42.6 Å². The first-order valence-corrected chi connectivity index (χ1v) is 11.6. The lowest BCUT2D eigenvalue weighted by Gasteiger charge is -2.43. The Kier molecular flexibility index (Phi) is 5.74. The van der Waals surface area contributed by atoms with Crippen LogP contribution in [0.3, 0.4) is 0 Å². The molecule has 1 aromatic carbocycles. The molecular formula is C23H28N4OS. The first-order chi connectivity index (χ1) is 14.3. The molecule has 5 rings (SSSR count). The second-order valence-corrected chi connectivity index (χ2v) is 9.12. The Balaban J connectivity index is 1.24. The molecule has 0 bridgehead atoms. The van der Waals surface area contributed by atoms with Crippen molar-refractivity contribution >= 4 is 21.7 Å². The van der Waals surface area contributed by atoms with Crippen molar-refractivity contribution in [2.45, 2.75) is 50.6 Å². The fourth-order valence-electron chi connectivity index (χ4n) is 4.72. The van der Waals surface area contributed by atoms with Crippen LogP contribution in [0.2, 0.25) is 0 Å². The van der Waals surface area contributed by atoms with Gasteiger partial charge in [-0.05, 0) is 81.6 Å². The van der Waals surface area contributed by atoms with Gasteiger partial charge < -0.3 is 10.1 Å². The van der Waals surface area contributed by atoms with Gasteiger partial charge in [-0.3, -0.25) is 4.90 Å². The molecule has 3 aromatic rings. The Morgan fingerprint density at radius 1 is 1.07 bits per heavy atom. The summed E-state index contributed by atoms with van der Waals surface area (Å²) in [6.45, 7) is 3.60. The number of rotatable bonds is 5. The normalized spacial score (nSPS) is 21.4. The third-order valence-corrected chi connectivity index (χ3v) is 7.08. The average Bonchev–Trinajstić information content (AvgIpc) is 3.18. The number of nitrogens with one attached hydrogen (secondary N) is 1. The fraction of sp³-hybridized carbons (Fsp3) is 0.478. The number of aromatic nitrogens is 2. The number of benzene rings is 1. The largest absolute Gasteiger partial charge is 0.431 e. The standard InChI is InChI=1S/C23H28N4OS/c1-2-15-27(18-10-13-24-14-11-18)19(4-1)16-17-6-8-20(9-7-17)28-23-26-22-21(29-23)5-3-12-25-22/h3,5-9,12,18-19,24H,1-2,4,10-11,13-16H2. The van der Waals surface area contributed by atoms with E-state index in [-0.39, 0.29) is 0 Å². The van der Waals surface area contributed by atoms with Crippen molar-refractivity contribution in [1.82, 2.24) is 20.2 Å². The highest BCUT2D eigenvalue weighted by molar-refractivity contribution is 7.20. The molecule has 6 heteroatoms. The highest BCUT2D eigenvalue weighted by Crippen LogP contribution is 2.31. The summed E-state index contributed by atoms with van der Waals surface area (Å²) in [5.41, 5.74) is 2.15. The lowest BCUT2D eigenvalue weighted by Crippen LogP contribution is -2.50. The van der Waals surface area contributed by atoms with Gasteiger partial charge in [0.2, 0.25) is 0 Å². The number of hydrogen-bond acceptors (Lipinski definition) is 6. The van der Waals surface area contributed by atoms with Crippen LogP contribution in [-0.4, -0.2) is 46.6 Å². The van der Waals surface area contributed by atoms with Crippen molar-refractivity contribution in [3.8, 4) is 10.9 Å². The minimum atomic E-state index is 0.649. The zero-order valence-corrected chi connectivity index (χ0v) is 17.5. The second-order valence-electron chi connectivity index (χ2n) is 8.12. The van der Waals surface area contributed by atoms with E-state index in [2.05, 4.69) is 44.5 Å². The zero-order chi connectivity index (χ0) is 19.5. The molecule has 1 unspecified atom stereocenters. The van der Waals surface area contributed by atoms with Crippen LogP contribution in [0, 0.1) is 0 Å². The maximum Gasteiger partial charge on any atom is 0.281 e. The van der Waals surface area contributed by atoms with Crippen LogP contribution in [-0.2, 0) is 6.42 Å². The van der Waals surface area contributed by atoms with Crippen molar-refractivity contribution < 1.29 is 4.74 Å². The van der Waals surface area contributed by atoms with Crippen molar-refractivity contribution in [2.24, 2.45) is 0 Å². The number of nitrogens with zero attached hydrogens (tertiary/aromatic N) is 3. The first-order valence-electron chi connectivity index (χ1n) is 10.8. The van der Waals surface area contributed by atoms with Gasteiger partial charge in [0.15, 0.2) is 5.65 Å². The van der Waals surface area contributed by atoms with Gasteiger partial charge in [-0.15, -0.1) is 0 Å². The van der Waals surface area contributed by atoms with Gasteiger partial charge in [0.05, 0.1) is 4.70 Å². The molecular weight excluding hydrogens is 380 g/mol. The van der Waals surface area contributed by atoms with Crippen LogP contribution < -0.4 is 10.1 Å². The molecule has 0 saturated carbocycles. The highest BCUT2D eigenvalue weighted by atomic mass is 32.1. The third kappa shape index (κ3) is 4.44. The second kappa shape index (κ2) is 8.78. The number of ether oxygens (including phenoxy) is 1. The molecule has 1 N–H and O–H groups in total. The lowest BCUT2D eigenvalue weighted by molar-refractivity contribution is 0.0763. The molecule has 0 amide bonds. The minimum Gasteiger partial charge on any atom is -0.431 e. The fourth-order valence-corrected chi connectivity index (χ4v) is 5.51. The van der Waals surface area contributed by atoms with E-state index in [9.17, 15) is 0 Å². The van der Waals surface area contributed by atoms with Crippen LogP contribution in [0.5, 0.6) is 10.9 Å². The predicted molar refractivity (Wildman–Crippen MR) is 118 cm³/mol. The summed E-state index contributed by atoms with van der Waals surface area (Å²) < 4.78 is 7.03. The van der Waals surface area contributed by atoms with Gasteiger partial charge >= 0.3 is 0 Å². The minimum absolute atomic E-state index is 0.649. The summed E-state index contributed by atoms with van der Waals surface area (Å²) in [5, 5.41) is 4.15. The summed E-state index contributed by atoms with van der Waals surface area (Å²) >= 11 is 1.53. The van der Waals surface area contributed by atoms with E-state index in [1.807, 2.05) is 12.1 Å². The highest BCUT2D eigenvalue weighted by Gasteiger charge is 2.29. The van der Waals surface area contributed by atoms with E-state index in [4.69, 9.17) is 4.74 Å². The first kappa shape index (κ1) is 19.0. The van der Waals surface area contributed by atoms with E-state index in [0.717, 1.165) is 28.6 Å². The van der Waals surface area contributed by atoms with Gasteiger partial charge in [-0.25, -0.2) is 4.98 Å². The third-order valence-electron chi connectivity index (χ3n) is 6.20. The van der Waals surface area contributed by atoms with E-state index in [1.54, 1.807) is 6.20 Å². The molecule has 4 heterocycles. The molecule has 0 spiro atoms. The molecule has 152 valence electrons. The van der Waals surface area contributed by atoms with E-state index in [1.165, 1.54) is 68.6 Å².